The first kappa shape index (κ1) is 14.3. The van der Waals surface area contributed by atoms with Crippen LogP contribution in [-0.2, 0) is 0 Å². The predicted octanol–water partition coefficient (Wildman–Crippen LogP) is 1.40. The van der Waals surface area contributed by atoms with Crippen LogP contribution in [0.1, 0.15) is 11.6 Å². The Morgan fingerprint density at radius 2 is 1.79 bits per heavy atom. The second-order valence-electron chi connectivity index (χ2n) is 4.66. The van der Waals surface area contributed by atoms with Crippen LogP contribution in [0.5, 0.6) is 0 Å². The van der Waals surface area contributed by atoms with E-state index in [-0.39, 0.29) is 0 Å². The molecule has 0 aromatic heterocycles. The van der Waals surface area contributed by atoms with Gasteiger partial charge in [0.2, 0.25) is 0 Å². The number of aliphatic hydroxyl groups excluding tert-OH is 1. The number of nitrogens with zero attached hydrogens (tertiary/aromatic N) is 1. The SMILES string of the molecule is OCC(F)(F)[C@@H](c1ccc(F)cc1)N1CCNCC1. The van der Waals surface area contributed by atoms with Gasteiger partial charge in [0.05, 0.1) is 0 Å². The molecule has 1 aliphatic heterocycles. The zero-order chi connectivity index (χ0) is 13.9. The lowest BCUT2D eigenvalue weighted by Gasteiger charge is -2.38. The minimum Gasteiger partial charge on any atom is -0.390 e. The molecule has 1 atom stereocenters. The Kier molecular flexibility index (Phi) is 4.44. The van der Waals surface area contributed by atoms with Crippen molar-refractivity contribution in [2.75, 3.05) is 32.8 Å². The van der Waals surface area contributed by atoms with Crippen molar-refractivity contribution in [2.24, 2.45) is 0 Å². The summed E-state index contributed by atoms with van der Waals surface area (Å²) in [6, 6.07) is 3.81. The third kappa shape index (κ3) is 3.26. The fourth-order valence-electron chi connectivity index (χ4n) is 2.39. The summed E-state index contributed by atoms with van der Waals surface area (Å²) in [7, 11) is 0. The van der Waals surface area contributed by atoms with Crippen molar-refractivity contribution in [1.29, 1.82) is 0 Å². The lowest BCUT2D eigenvalue weighted by atomic mass is 9.98. The average Bonchev–Trinajstić information content (AvgIpc) is 2.42. The van der Waals surface area contributed by atoms with Gasteiger partial charge in [0.1, 0.15) is 18.5 Å². The van der Waals surface area contributed by atoms with E-state index in [1.165, 1.54) is 12.1 Å². The standard InChI is InChI=1S/C13H17F3N2O/c14-11-3-1-10(2-4-11)12(13(15,16)9-19)18-7-5-17-6-8-18/h1-4,12,17,19H,5-9H2/t12-/m1/s1. The maximum Gasteiger partial charge on any atom is 0.289 e. The van der Waals surface area contributed by atoms with Crippen LogP contribution in [0.2, 0.25) is 0 Å². The Hall–Kier alpha value is -1.11. The topological polar surface area (TPSA) is 35.5 Å². The van der Waals surface area contributed by atoms with Crippen LogP contribution in [0.4, 0.5) is 13.2 Å². The Balaban J connectivity index is 2.30. The molecule has 1 fully saturated rings. The lowest BCUT2D eigenvalue weighted by molar-refractivity contribution is -0.118. The minimum absolute atomic E-state index is 0.322. The van der Waals surface area contributed by atoms with E-state index in [0.29, 0.717) is 31.7 Å². The molecule has 0 saturated carbocycles. The smallest absolute Gasteiger partial charge is 0.289 e. The van der Waals surface area contributed by atoms with Crippen molar-refractivity contribution in [3.63, 3.8) is 0 Å². The summed E-state index contributed by atoms with van der Waals surface area (Å²) >= 11 is 0. The van der Waals surface area contributed by atoms with E-state index < -0.39 is 24.4 Å². The fourth-order valence-corrected chi connectivity index (χ4v) is 2.39. The molecule has 0 bridgehead atoms. The molecule has 1 aromatic rings. The number of nitrogens with one attached hydrogen (secondary N) is 1. The van der Waals surface area contributed by atoms with Crippen molar-refractivity contribution in [1.82, 2.24) is 10.2 Å². The van der Waals surface area contributed by atoms with Gasteiger partial charge in [0.25, 0.3) is 5.92 Å². The summed E-state index contributed by atoms with van der Waals surface area (Å²) in [5, 5.41) is 12.0. The molecule has 1 aromatic carbocycles. The fraction of sp³-hybridized carbons (Fsp3) is 0.538. The number of rotatable bonds is 4. The van der Waals surface area contributed by atoms with E-state index in [1.807, 2.05) is 0 Å². The Morgan fingerprint density at radius 3 is 2.32 bits per heavy atom. The number of alkyl halides is 2. The first-order chi connectivity index (χ1) is 9.04. The molecule has 0 unspecified atom stereocenters. The largest absolute Gasteiger partial charge is 0.390 e. The molecule has 6 heteroatoms. The molecule has 1 saturated heterocycles. The molecule has 2 rings (SSSR count). The van der Waals surface area contributed by atoms with Crippen molar-refractivity contribution in [3.05, 3.63) is 35.6 Å². The van der Waals surface area contributed by atoms with E-state index in [9.17, 15) is 13.2 Å². The number of hydrogen-bond donors (Lipinski definition) is 2. The number of benzene rings is 1. The van der Waals surface area contributed by atoms with Gasteiger partial charge >= 0.3 is 0 Å². The average molecular weight is 274 g/mol. The van der Waals surface area contributed by atoms with E-state index in [2.05, 4.69) is 5.32 Å². The Labute approximate surface area is 110 Å². The first-order valence-electron chi connectivity index (χ1n) is 6.23. The zero-order valence-electron chi connectivity index (χ0n) is 10.5. The highest BCUT2D eigenvalue weighted by Crippen LogP contribution is 2.36. The molecular formula is C13H17F3N2O. The summed E-state index contributed by atoms with van der Waals surface area (Å²) in [6.45, 7) is 0.965. The van der Waals surface area contributed by atoms with Crippen molar-refractivity contribution in [2.45, 2.75) is 12.0 Å². The van der Waals surface area contributed by atoms with Crippen LogP contribution in [0, 0.1) is 5.82 Å². The van der Waals surface area contributed by atoms with Crippen LogP contribution in [0.3, 0.4) is 0 Å². The van der Waals surface area contributed by atoms with Gasteiger partial charge in [-0.3, -0.25) is 4.90 Å². The van der Waals surface area contributed by atoms with Gasteiger partial charge in [-0.25, -0.2) is 13.2 Å². The maximum absolute atomic E-state index is 14.0. The van der Waals surface area contributed by atoms with Gasteiger partial charge < -0.3 is 10.4 Å². The monoisotopic (exact) mass is 274 g/mol. The minimum atomic E-state index is -3.25. The summed E-state index contributed by atoms with van der Waals surface area (Å²) in [5.41, 5.74) is 0.322. The molecule has 1 aliphatic rings. The van der Waals surface area contributed by atoms with Crippen LogP contribution in [-0.4, -0.2) is 48.7 Å². The summed E-state index contributed by atoms with van der Waals surface area (Å²) in [6.07, 6.45) is 0. The normalized spacial score (nSPS) is 19.4. The third-order valence-electron chi connectivity index (χ3n) is 3.31. The number of piperazine rings is 1. The number of aliphatic hydroxyl groups is 1. The highest BCUT2D eigenvalue weighted by Gasteiger charge is 2.43. The highest BCUT2D eigenvalue weighted by atomic mass is 19.3. The van der Waals surface area contributed by atoms with Gasteiger partial charge in [-0.05, 0) is 17.7 Å². The van der Waals surface area contributed by atoms with E-state index >= 15 is 0 Å². The van der Waals surface area contributed by atoms with Crippen LogP contribution < -0.4 is 5.32 Å². The van der Waals surface area contributed by atoms with Crippen molar-refractivity contribution >= 4 is 0 Å². The Morgan fingerprint density at radius 1 is 1.21 bits per heavy atom. The second-order valence-corrected chi connectivity index (χ2v) is 4.66. The highest BCUT2D eigenvalue weighted by molar-refractivity contribution is 5.22. The zero-order valence-corrected chi connectivity index (χ0v) is 10.5. The van der Waals surface area contributed by atoms with E-state index in [4.69, 9.17) is 5.11 Å². The Bertz CT molecular complexity index is 405. The molecular weight excluding hydrogens is 257 g/mol. The third-order valence-corrected chi connectivity index (χ3v) is 3.31. The predicted molar refractivity (Wildman–Crippen MR) is 65.6 cm³/mol. The molecule has 0 spiro atoms. The van der Waals surface area contributed by atoms with Gasteiger partial charge in [0, 0.05) is 26.2 Å². The van der Waals surface area contributed by atoms with Gasteiger partial charge in [-0.1, -0.05) is 12.1 Å². The molecule has 19 heavy (non-hydrogen) atoms. The molecule has 3 nitrogen and oxygen atoms in total. The lowest BCUT2D eigenvalue weighted by Crippen LogP contribution is -2.51. The van der Waals surface area contributed by atoms with Gasteiger partial charge in [0.15, 0.2) is 0 Å². The first-order valence-corrected chi connectivity index (χ1v) is 6.23. The van der Waals surface area contributed by atoms with Gasteiger partial charge in [-0.15, -0.1) is 0 Å². The summed E-state index contributed by atoms with van der Waals surface area (Å²) in [5.74, 6) is -3.72. The molecule has 0 radical (unpaired) electrons. The summed E-state index contributed by atoms with van der Waals surface area (Å²) in [4.78, 5) is 1.62. The summed E-state index contributed by atoms with van der Waals surface area (Å²) < 4.78 is 40.9. The van der Waals surface area contributed by atoms with Gasteiger partial charge in [-0.2, -0.15) is 0 Å². The molecule has 0 aliphatic carbocycles. The van der Waals surface area contributed by atoms with E-state index in [0.717, 1.165) is 12.1 Å². The van der Waals surface area contributed by atoms with Crippen LogP contribution in [0.15, 0.2) is 24.3 Å². The maximum atomic E-state index is 14.0. The van der Waals surface area contributed by atoms with Crippen LogP contribution in [0.25, 0.3) is 0 Å². The van der Waals surface area contributed by atoms with Crippen LogP contribution >= 0.6 is 0 Å². The molecule has 1 heterocycles. The number of halogens is 3. The van der Waals surface area contributed by atoms with Crippen molar-refractivity contribution < 1.29 is 18.3 Å². The molecule has 2 N–H and O–H groups in total. The quantitative estimate of drug-likeness (QED) is 0.871. The van der Waals surface area contributed by atoms with Crippen molar-refractivity contribution in [3.8, 4) is 0 Å². The van der Waals surface area contributed by atoms with E-state index in [1.54, 1.807) is 4.90 Å². The second kappa shape index (κ2) is 5.90. The number of hydrogen-bond acceptors (Lipinski definition) is 3. The molecule has 106 valence electrons. The molecule has 0 amide bonds.